The number of allylic oxidation sites excluding steroid dienone is 1. The van der Waals surface area contributed by atoms with Crippen molar-refractivity contribution < 1.29 is 23.3 Å². The van der Waals surface area contributed by atoms with Crippen LogP contribution in [0.25, 0.3) is 0 Å². The summed E-state index contributed by atoms with van der Waals surface area (Å²) in [6.07, 6.45) is 6.17. The first-order valence-electron chi connectivity index (χ1n) is 4.20. The molecule has 0 aromatic heterocycles. The molecule has 0 rings (SSSR count). The summed E-state index contributed by atoms with van der Waals surface area (Å²) in [5, 5.41) is 0. The second kappa shape index (κ2) is 8.13. The summed E-state index contributed by atoms with van der Waals surface area (Å²) in [5.41, 5.74) is 0. The third-order valence-corrected chi connectivity index (χ3v) is 2.35. The second-order valence-electron chi connectivity index (χ2n) is 3.67. The summed E-state index contributed by atoms with van der Waals surface area (Å²) < 4.78 is 5.67. The average Bonchev–Trinajstić information content (AvgIpc) is 1.85. The van der Waals surface area contributed by atoms with Crippen LogP contribution < -0.4 is 18.9 Å². The fraction of sp³-hybridized carbons (Fsp3) is 0.778. The van der Waals surface area contributed by atoms with Crippen LogP contribution in [0.15, 0.2) is 6.58 Å². The van der Waals surface area contributed by atoms with E-state index in [-0.39, 0.29) is 18.9 Å². The molecule has 0 amide bonds. The monoisotopic (exact) mass is 178 g/mol. The van der Waals surface area contributed by atoms with Gasteiger partial charge in [0.25, 0.3) is 0 Å². The van der Waals surface area contributed by atoms with E-state index in [1.54, 1.807) is 0 Å². The normalized spacial score (nSPS) is 10.6. The molecule has 0 unspecified atom stereocenters. The minimum atomic E-state index is -1.25. The van der Waals surface area contributed by atoms with Crippen molar-refractivity contribution in [3.8, 4) is 0 Å². The second-order valence-corrected chi connectivity index (χ2v) is 8.18. The van der Waals surface area contributed by atoms with E-state index in [1.165, 1.54) is 0 Å². The van der Waals surface area contributed by atoms with Crippen LogP contribution in [0, 0.1) is 6.08 Å². The van der Waals surface area contributed by atoms with E-state index >= 15 is 0 Å². The molecule has 0 radical (unpaired) electrons. The molecule has 0 aromatic rings. The Kier molecular flexibility index (Phi) is 10.2. The predicted molar refractivity (Wildman–Crippen MR) is 52.0 cm³/mol. The van der Waals surface area contributed by atoms with Gasteiger partial charge in [-0.3, -0.25) is 6.58 Å². The van der Waals surface area contributed by atoms with Crippen molar-refractivity contribution in [2.45, 2.75) is 38.9 Å². The first-order valence-corrected chi connectivity index (χ1v) is 7.61. The topological polar surface area (TPSA) is 9.23 Å². The maximum Gasteiger partial charge on any atom is 1.00 e. The van der Waals surface area contributed by atoms with Gasteiger partial charge in [-0.2, -0.15) is 6.42 Å². The summed E-state index contributed by atoms with van der Waals surface area (Å²) in [6.45, 7) is 11.1. The fourth-order valence-corrected chi connectivity index (χ4v) is 1.49. The molecule has 66 valence electrons. The van der Waals surface area contributed by atoms with Crippen LogP contribution in [0.2, 0.25) is 19.6 Å². The van der Waals surface area contributed by atoms with Crippen molar-refractivity contribution in [1.82, 2.24) is 0 Å². The molecule has 0 bridgehead atoms. The van der Waals surface area contributed by atoms with Crippen molar-refractivity contribution in [3.05, 3.63) is 12.7 Å². The minimum absolute atomic E-state index is 0. The van der Waals surface area contributed by atoms with Crippen LogP contribution in [0.4, 0.5) is 0 Å². The third kappa shape index (κ3) is 13.1. The zero-order chi connectivity index (χ0) is 8.74. The molecule has 0 aliphatic rings. The molecular formula is C9H19LiOSi. The molecule has 0 fully saturated rings. The molecule has 12 heavy (non-hydrogen) atoms. The Morgan fingerprint density at radius 1 is 1.25 bits per heavy atom. The van der Waals surface area contributed by atoms with Crippen LogP contribution in [-0.2, 0) is 4.43 Å². The van der Waals surface area contributed by atoms with Crippen LogP contribution in [0.1, 0.15) is 19.3 Å². The molecule has 0 aliphatic carbocycles. The Labute approximate surface area is 89.9 Å². The van der Waals surface area contributed by atoms with Crippen molar-refractivity contribution in [3.63, 3.8) is 0 Å². The van der Waals surface area contributed by atoms with E-state index in [4.69, 9.17) is 4.43 Å². The molecule has 1 nitrogen and oxygen atoms in total. The van der Waals surface area contributed by atoms with Gasteiger partial charge in [0.2, 0.25) is 0 Å². The third-order valence-electron chi connectivity index (χ3n) is 1.28. The van der Waals surface area contributed by atoms with Gasteiger partial charge in [-0.15, -0.1) is 0 Å². The van der Waals surface area contributed by atoms with Crippen molar-refractivity contribution in [1.29, 1.82) is 0 Å². The van der Waals surface area contributed by atoms with Gasteiger partial charge in [-0.05, 0) is 26.1 Å². The predicted octanol–water partition coefficient (Wildman–Crippen LogP) is 0.00139. The van der Waals surface area contributed by atoms with Gasteiger partial charge in [-0.1, -0.05) is 6.42 Å². The van der Waals surface area contributed by atoms with E-state index in [1.807, 2.05) is 0 Å². The summed E-state index contributed by atoms with van der Waals surface area (Å²) in [7, 11) is -1.25. The number of hydrogen-bond donors (Lipinski definition) is 0. The average molecular weight is 178 g/mol. The van der Waals surface area contributed by atoms with Gasteiger partial charge in [0.1, 0.15) is 0 Å². The Balaban J connectivity index is 0. The minimum Gasteiger partial charge on any atom is -0.504 e. The van der Waals surface area contributed by atoms with Crippen LogP contribution in [-0.4, -0.2) is 14.9 Å². The van der Waals surface area contributed by atoms with Gasteiger partial charge in [0.05, 0.1) is 0 Å². The van der Waals surface area contributed by atoms with Gasteiger partial charge >= 0.3 is 18.9 Å². The quantitative estimate of drug-likeness (QED) is 0.316. The molecule has 0 heterocycles. The molecule has 0 spiro atoms. The van der Waals surface area contributed by atoms with E-state index in [9.17, 15) is 0 Å². The molecule has 0 atom stereocenters. The Morgan fingerprint density at radius 2 is 1.83 bits per heavy atom. The summed E-state index contributed by atoms with van der Waals surface area (Å²) >= 11 is 0. The van der Waals surface area contributed by atoms with E-state index in [2.05, 4.69) is 32.3 Å². The Bertz CT molecular complexity index is 110. The summed E-state index contributed by atoms with van der Waals surface area (Å²) in [4.78, 5) is 0. The van der Waals surface area contributed by atoms with Crippen LogP contribution >= 0.6 is 0 Å². The fourth-order valence-electron chi connectivity index (χ4n) is 0.730. The number of hydrogen-bond acceptors (Lipinski definition) is 1. The largest absolute Gasteiger partial charge is 1.00 e. The molecule has 0 N–H and O–H groups in total. The molecular weight excluding hydrogens is 159 g/mol. The first kappa shape index (κ1) is 15.0. The van der Waals surface area contributed by atoms with Crippen molar-refractivity contribution in [2.75, 3.05) is 6.61 Å². The SMILES string of the molecule is C=[C-]CCCCO[Si](C)(C)C.[Li+]. The number of unbranched alkanes of at least 4 members (excludes halogenated alkanes) is 2. The van der Waals surface area contributed by atoms with Crippen LogP contribution in [0.5, 0.6) is 0 Å². The van der Waals surface area contributed by atoms with E-state index in [0.717, 1.165) is 25.9 Å². The Morgan fingerprint density at radius 3 is 2.25 bits per heavy atom. The maximum absolute atomic E-state index is 5.67. The van der Waals surface area contributed by atoms with Gasteiger partial charge < -0.3 is 10.5 Å². The summed E-state index contributed by atoms with van der Waals surface area (Å²) in [5.74, 6) is 0. The van der Waals surface area contributed by atoms with Crippen LogP contribution in [0.3, 0.4) is 0 Å². The first-order chi connectivity index (χ1) is 5.06. The standard InChI is InChI=1S/C9H19OSi.Li/c1-5-6-7-8-9-10-11(2,3)4;/h1,6-9H2,2-4H3;/q-1;+1. The van der Waals surface area contributed by atoms with E-state index in [0.29, 0.717) is 0 Å². The zero-order valence-corrected chi connectivity index (χ0v) is 9.94. The van der Waals surface area contributed by atoms with Gasteiger partial charge in [0.15, 0.2) is 8.32 Å². The Hall–Kier alpha value is 0.514. The van der Waals surface area contributed by atoms with Gasteiger partial charge in [0, 0.05) is 6.61 Å². The molecule has 0 saturated heterocycles. The molecule has 0 aromatic carbocycles. The zero-order valence-electron chi connectivity index (χ0n) is 8.94. The molecule has 0 aliphatic heterocycles. The van der Waals surface area contributed by atoms with Gasteiger partial charge in [-0.25, -0.2) is 0 Å². The molecule has 3 heteroatoms. The molecule has 0 saturated carbocycles. The summed E-state index contributed by atoms with van der Waals surface area (Å²) in [6, 6.07) is 0. The van der Waals surface area contributed by atoms with Crippen molar-refractivity contribution in [2.24, 2.45) is 0 Å². The smallest absolute Gasteiger partial charge is 0.504 e. The van der Waals surface area contributed by atoms with E-state index < -0.39 is 8.32 Å². The van der Waals surface area contributed by atoms with Crippen molar-refractivity contribution >= 4 is 8.32 Å². The number of rotatable bonds is 6. The maximum atomic E-state index is 5.67.